The van der Waals surface area contributed by atoms with Crippen molar-refractivity contribution in [2.75, 3.05) is 5.32 Å². The molecule has 6 nitrogen and oxygen atoms in total. The number of pyridine rings is 1. The highest BCUT2D eigenvalue weighted by molar-refractivity contribution is 5.76. The molecule has 0 aliphatic carbocycles. The predicted octanol–water partition coefficient (Wildman–Crippen LogP) is 3.69. The topological polar surface area (TPSA) is 68.5 Å². The summed E-state index contributed by atoms with van der Waals surface area (Å²) in [6.45, 7) is 4.05. The van der Waals surface area contributed by atoms with Gasteiger partial charge in [0.15, 0.2) is 0 Å². The van der Waals surface area contributed by atoms with Gasteiger partial charge in [-0.15, -0.1) is 0 Å². The maximum atomic E-state index is 4.66. The lowest BCUT2D eigenvalue weighted by atomic mass is 10.1. The van der Waals surface area contributed by atoms with E-state index in [1.165, 1.54) is 5.56 Å². The third kappa shape index (κ3) is 2.94. The number of hydrogen-bond donors (Lipinski definition) is 1. The predicted molar refractivity (Wildman–Crippen MR) is 97.7 cm³/mol. The molecule has 25 heavy (non-hydrogen) atoms. The fourth-order valence-corrected chi connectivity index (χ4v) is 2.88. The standard InChI is InChI=1S/C19H18N6/c1-13(15-6-4-3-5-7-15)22-18-9-11-21-19(24-18)25-14(2)23-16-8-10-20-12-17(16)25/h3-13H,1-2H3,(H,21,22,24)/t13-/m0/s1. The third-order valence-corrected chi connectivity index (χ3v) is 4.13. The number of benzene rings is 1. The Balaban J connectivity index is 1.69. The molecule has 0 fully saturated rings. The molecule has 0 saturated heterocycles. The third-order valence-electron chi connectivity index (χ3n) is 4.13. The Hall–Kier alpha value is -3.28. The molecule has 0 unspecified atom stereocenters. The second-order valence-corrected chi connectivity index (χ2v) is 5.88. The van der Waals surface area contributed by atoms with E-state index in [2.05, 4.69) is 44.3 Å². The molecule has 6 heteroatoms. The summed E-state index contributed by atoms with van der Waals surface area (Å²) < 4.78 is 1.92. The molecule has 3 heterocycles. The number of aryl methyl sites for hydroxylation is 1. The average Bonchev–Trinajstić information content (AvgIpc) is 2.98. The van der Waals surface area contributed by atoms with Gasteiger partial charge in [0.2, 0.25) is 5.95 Å². The number of anilines is 1. The smallest absolute Gasteiger partial charge is 0.237 e. The minimum Gasteiger partial charge on any atom is -0.363 e. The van der Waals surface area contributed by atoms with E-state index in [4.69, 9.17) is 0 Å². The largest absolute Gasteiger partial charge is 0.363 e. The molecule has 4 rings (SSSR count). The Labute approximate surface area is 145 Å². The van der Waals surface area contributed by atoms with Gasteiger partial charge in [-0.25, -0.2) is 9.97 Å². The number of nitrogens with zero attached hydrogens (tertiary/aromatic N) is 5. The molecule has 3 aromatic heterocycles. The van der Waals surface area contributed by atoms with Crippen molar-refractivity contribution in [1.29, 1.82) is 0 Å². The van der Waals surface area contributed by atoms with E-state index < -0.39 is 0 Å². The van der Waals surface area contributed by atoms with E-state index in [0.29, 0.717) is 5.95 Å². The number of hydrogen-bond acceptors (Lipinski definition) is 5. The maximum absolute atomic E-state index is 4.66. The van der Waals surface area contributed by atoms with Crippen LogP contribution in [-0.2, 0) is 0 Å². The second-order valence-electron chi connectivity index (χ2n) is 5.88. The van der Waals surface area contributed by atoms with Gasteiger partial charge in [-0.1, -0.05) is 30.3 Å². The van der Waals surface area contributed by atoms with E-state index >= 15 is 0 Å². The zero-order chi connectivity index (χ0) is 17.2. The molecule has 0 aliphatic rings. The van der Waals surface area contributed by atoms with Gasteiger partial charge in [-0.2, -0.15) is 4.98 Å². The SMILES string of the molecule is Cc1nc2ccncc2n1-c1nccc(N[C@@H](C)c2ccccc2)n1. The first-order valence-corrected chi connectivity index (χ1v) is 8.16. The van der Waals surface area contributed by atoms with Crippen LogP contribution < -0.4 is 5.32 Å². The number of fused-ring (bicyclic) bond motifs is 1. The first-order valence-electron chi connectivity index (χ1n) is 8.16. The van der Waals surface area contributed by atoms with Crippen molar-refractivity contribution in [2.45, 2.75) is 19.9 Å². The van der Waals surface area contributed by atoms with Crippen molar-refractivity contribution >= 4 is 16.9 Å². The Morgan fingerprint density at radius 2 is 1.84 bits per heavy atom. The van der Waals surface area contributed by atoms with Crippen molar-refractivity contribution in [3.8, 4) is 5.95 Å². The molecule has 0 bridgehead atoms. The summed E-state index contributed by atoms with van der Waals surface area (Å²) >= 11 is 0. The molecular formula is C19H18N6. The second kappa shape index (κ2) is 6.32. The first kappa shape index (κ1) is 15.3. The minimum atomic E-state index is 0.145. The van der Waals surface area contributed by atoms with Crippen molar-refractivity contribution in [3.05, 3.63) is 72.4 Å². The molecule has 1 atom stereocenters. The number of aromatic nitrogens is 5. The van der Waals surface area contributed by atoms with Crippen molar-refractivity contribution in [3.63, 3.8) is 0 Å². The van der Waals surface area contributed by atoms with Gasteiger partial charge in [0.05, 0.1) is 17.2 Å². The van der Waals surface area contributed by atoms with Crippen LogP contribution in [0.1, 0.15) is 24.4 Å². The van der Waals surface area contributed by atoms with Crippen LogP contribution in [0.3, 0.4) is 0 Å². The van der Waals surface area contributed by atoms with Gasteiger partial charge < -0.3 is 5.32 Å². The van der Waals surface area contributed by atoms with Crippen LogP contribution in [0.5, 0.6) is 0 Å². The van der Waals surface area contributed by atoms with Crippen molar-refractivity contribution < 1.29 is 0 Å². The summed E-state index contributed by atoms with van der Waals surface area (Å²) in [5.74, 6) is 2.18. The van der Waals surface area contributed by atoms with Gasteiger partial charge in [0.25, 0.3) is 0 Å². The van der Waals surface area contributed by atoms with Crippen molar-refractivity contribution in [2.24, 2.45) is 0 Å². The molecule has 0 radical (unpaired) electrons. The van der Waals surface area contributed by atoms with Crippen LogP contribution in [0.15, 0.2) is 61.1 Å². The molecule has 0 saturated carbocycles. The molecule has 0 aliphatic heterocycles. The maximum Gasteiger partial charge on any atom is 0.237 e. The van der Waals surface area contributed by atoms with Gasteiger partial charge >= 0.3 is 0 Å². The minimum absolute atomic E-state index is 0.145. The lowest BCUT2D eigenvalue weighted by Gasteiger charge is -2.15. The summed E-state index contributed by atoms with van der Waals surface area (Å²) in [4.78, 5) is 17.8. The molecule has 0 spiro atoms. The number of imidazole rings is 1. The summed E-state index contributed by atoms with van der Waals surface area (Å²) in [6.07, 6.45) is 5.27. The van der Waals surface area contributed by atoms with E-state index in [1.807, 2.05) is 41.8 Å². The average molecular weight is 330 g/mol. The van der Waals surface area contributed by atoms with Gasteiger partial charge in [-0.05, 0) is 31.5 Å². The molecule has 1 aromatic carbocycles. The molecular weight excluding hydrogens is 312 g/mol. The van der Waals surface area contributed by atoms with Crippen LogP contribution >= 0.6 is 0 Å². The molecule has 124 valence electrons. The Bertz CT molecular complexity index is 1010. The van der Waals surface area contributed by atoms with E-state index in [1.54, 1.807) is 18.6 Å². The fraction of sp³-hybridized carbons (Fsp3) is 0.158. The molecule has 0 amide bonds. The van der Waals surface area contributed by atoms with Gasteiger partial charge in [0.1, 0.15) is 11.6 Å². The molecule has 4 aromatic rings. The van der Waals surface area contributed by atoms with Crippen molar-refractivity contribution in [1.82, 2.24) is 24.5 Å². The Morgan fingerprint density at radius 3 is 2.68 bits per heavy atom. The zero-order valence-electron chi connectivity index (χ0n) is 14.1. The van der Waals surface area contributed by atoms with Crippen LogP contribution in [-0.4, -0.2) is 24.5 Å². The number of nitrogens with one attached hydrogen (secondary N) is 1. The molecule has 1 N–H and O–H groups in total. The van der Waals surface area contributed by atoms with Crippen LogP contribution in [0.2, 0.25) is 0 Å². The first-order chi connectivity index (χ1) is 12.2. The highest BCUT2D eigenvalue weighted by Gasteiger charge is 2.13. The summed E-state index contributed by atoms with van der Waals surface area (Å²) in [5, 5.41) is 3.43. The lowest BCUT2D eigenvalue weighted by molar-refractivity contribution is 0.854. The lowest BCUT2D eigenvalue weighted by Crippen LogP contribution is -2.10. The summed E-state index contributed by atoms with van der Waals surface area (Å²) in [7, 11) is 0. The normalized spacial score (nSPS) is 12.2. The van der Waals surface area contributed by atoms with E-state index in [9.17, 15) is 0 Å². The zero-order valence-corrected chi connectivity index (χ0v) is 14.1. The Morgan fingerprint density at radius 1 is 1.00 bits per heavy atom. The van der Waals surface area contributed by atoms with Crippen LogP contribution in [0.4, 0.5) is 5.82 Å². The highest BCUT2D eigenvalue weighted by atomic mass is 15.2. The van der Waals surface area contributed by atoms with Gasteiger partial charge in [-0.3, -0.25) is 9.55 Å². The van der Waals surface area contributed by atoms with Crippen LogP contribution in [0.25, 0.3) is 17.0 Å². The fourth-order valence-electron chi connectivity index (χ4n) is 2.88. The van der Waals surface area contributed by atoms with Gasteiger partial charge in [0, 0.05) is 18.4 Å². The monoisotopic (exact) mass is 330 g/mol. The van der Waals surface area contributed by atoms with E-state index in [-0.39, 0.29) is 6.04 Å². The number of rotatable bonds is 4. The van der Waals surface area contributed by atoms with Crippen LogP contribution in [0, 0.1) is 6.92 Å². The summed E-state index contributed by atoms with van der Waals surface area (Å²) in [6, 6.07) is 14.2. The highest BCUT2D eigenvalue weighted by Crippen LogP contribution is 2.21. The van der Waals surface area contributed by atoms with E-state index in [0.717, 1.165) is 22.7 Å². The Kier molecular flexibility index (Phi) is 3.85. The summed E-state index contributed by atoms with van der Waals surface area (Å²) in [5.41, 5.74) is 2.98. The quantitative estimate of drug-likeness (QED) is 0.618.